The zero-order chi connectivity index (χ0) is 27.9. The molecule has 2 aromatic heterocycles. The SMILES string of the molecule is CCCCCCc1nc(C(C)C2CCC(C(=O)O)CC2)n(Cc2ccc(-c3ccccc3-c3nn[nH]n3)cc2)n1. The lowest BCUT2D eigenvalue weighted by Crippen LogP contribution is -2.25. The van der Waals surface area contributed by atoms with E-state index in [2.05, 4.69) is 69.5 Å². The van der Waals surface area contributed by atoms with Crippen LogP contribution in [-0.4, -0.2) is 46.5 Å². The highest BCUT2D eigenvalue weighted by Crippen LogP contribution is 2.38. The summed E-state index contributed by atoms with van der Waals surface area (Å²) in [6.45, 7) is 5.12. The first-order valence-corrected chi connectivity index (χ1v) is 14.6. The van der Waals surface area contributed by atoms with Crippen molar-refractivity contribution in [2.75, 3.05) is 0 Å². The van der Waals surface area contributed by atoms with Gasteiger partial charge in [-0.05, 0) is 59.9 Å². The quantitative estimate of drug-likeness (QED) is 0.202. The maximum Gasteiger partial charge on any atom is 0.306 e. The van der Waals surface area contributed by atoms with Crippen LogP contribution >= 0.6 is 0 Å². The van der Waals surface area contributed by atoms with E-state index in [1.165, 1.54) is 19.3 Å². The fourth-order valence-corrected chi connectivity index (χ4v) is 5.92. The van der Waals surface area contributed by atoms with E-state index in [-0.39, 0.29) is 11.8 Å². The van der Waals surface area contributed by atoms with Crippen molar-refractivity contribution in [2.24, 2.45) is 11.8 Å². The molecule has 2 heterocycles. The summed E-state index contributed by atoms with van der Waals surface area (Å²) >= 11 is 0. The Morgan fingerprint density at radius 3 is 2.45 bits per heavy atom. The summed E-state index contributed by atoms with van der Waals surface area (Å²) in [5, 5.41) is 29.0. The van der Waals surface area contributed by atoms with Gasteiger partial charge < -0.3 is 5.11 Å². The second-order valence-electron chi connectivity index (χ2n) is 11.1. The largest absolute Gasteiger partial charge is 0.481 e. The Morgan fingerprint density at radius 2 is 1.77 bits per heavy atom. The molecule has 5 rings (SSSR count). The Balaban J connectivity index is 1.35. The van der Waals surface area contributed by atoms with Gasteiger partial charge in [-0.15, -0.1) is 10.2 Å². The molecule has 1 atom stereocenters. The van der Waals surface area contributed by atoms with E-state index in [9.17, 15) is 9.90 Å². The molecule has 4 aromatic rings. The van der Waals surface area contributed by atoms with Gasteiger partial charge in [0.25, 0.3) is 0 Å². The van der Waals surface area contributed by atoms with E-state index in [0.29, 0.717) is 18.3 Å². The monoisotopic (exact) mass is 541 g/mol. The number of H-pyrrole nitrogens is 1. The van der Waals surface area contributed by atoms with Crippen molar-refractivity contribution in [3.05, 3.63) is 65.7 Å². The number of carboxylic acid groups (broad SMARTS) is 1. The molecule has 0 saturated heterocycles. The van der Waals surface area contributed by atoms with E-state index in [1.54, 1.807) is 0 Å². The maximum atomic E-state index is 11.5. The zero-order valence-electron chi connectivity index (χ0n) is 23.5. The molecule has 0 aliphatic heterocycles. The summed E-state index contributed by atoms with van der Waals surface area (Å²) in [4.78, 5) is 16.5. The number of carboxylic acids is 1. The van der Waals surface area contributed by atoms with E-state index in [1.807, 2.05) is 18.2 Å². The molecule has 2 N–H and O–H groups in total. The standard InChI is InChI=1S/C31H39N7O2/c1-3-4-5-6-11-28-32-30(21(2)23-16-18-25(19-17-23)31(39)40)38(35-28)20-22-12-14-24(15-13-22)26-9-7-8-10-27(26)29-33-36-37-34-29/h7-10,12-15,21,23,25H,3-6,11,16-20H2,1-2H3,(H,39,40)(H,33,34,36,37). The third-order valence-electron chi connectivity index (χ3n) is 8.34. The predicted molar refractivity (Wildman–Crippen MR) is 154 cm³/mol. The second-order valence-corrected chi connectivity index (χ2v) is 11.1. The maximum absolute atomic E-state index is 11.5. The minimum atomic E-state index is -0.660. The van der Waals surface area contributed by atoms with Gasteiger partial charge in [-0.2, -0.15) is 10.3 Å². The molecule has 40 heavy (non-hydrogen) atoms. The molecule has 1 fully saturated rings. The first-order valence-electron chi connectivity index (χ1n) is 14.6. The van der Waals surface area contributed by atoms with Crippen LogP contribution in [-0.2, 0) is 17.8 Å². The van der Waals surface area contributed by atoms with Crippen LogP contribution in [0.4, 0.5) is 0 Å². The number of rotatable bonds is 12. The van der Waals surface area contributed by atoms with Crippen molar-refractivity contribution in [1.29, 1.82) is 0 Å². The van der Waals surface area contributed by atoms with Gasteiger partial charge in [0, 0.05) is 17.9 Å². The Morgan fingerprint density at radius 1 is 1.02 bits per heavy atom. The molecule has 0 bridgehead atoms. The van der Waals surface area contributed by atoms with Crippen molar-refractivity contribution in [3.8, 4) is 22.5 Å². The summed E-state index contributed by atoms with van der Waals surface area (Å²) in [7, 11) is 0. The Bertz CT molecular complexity index is 1370. The molecular weight excluding hydrogens is 502 g/mol. The summed E-state index contributed by atoms with van der Waals surface area (Å²) in [6.07, 6.45) is 8.97. The lowest BCUT2D eigenvalue weighted by Gasteiger charge is -2.30. The number of unbranched alkanes of at least 4 members (excludes halogenated alkanes) is 3. The molecule has 2 aromatic carbocycles. The molecule has 1 aliphatic rings. The van der Waals surface area contributed by atoms with Crippen LogP contribution in [0.3, 0.4) is 0 Å². The number of aliphatic carboxylic acids is 1. The third-order valence-corrected chi connectivity index (χ3v) is 8.34. The van der Waals surface area contributed by atoms with Gasteiger partial charge in [-0.1, -0.05) is 81.6 Å². The number of tetrazole rings is 1. The van der Waals surface area contributed by atoms with Gasteiger partial charge in [0.1, 0.15) is 5.82 Å². The highest BCUT2D eigenvalue weighted by Gasteiger charge is 2.31. The van der Waals surface area contributed by atoms with Gasteiger partial charge in [-0.3, -0.25) is 4.79 Å². The molecule has 9 heteroatoms. The van der Waals surface area contributed by atoms with Gasteiger partial charge >= 0.3 is 5.97 Å². The first kappa shape index (κ1) is 27.7. The van der Waals surface area contributed by atoms with Crippen LogP contribution in [0.1, 0.15) is 88.3 Å². The van der Waals surface area contributed by atoms with Crippen molar-refractivity contribution in [2.45, 2.75) is 84.1 Å². The number of aromatic nitrogens is 7. The van der Waals surface area contributed by atoms with E-state index >= 15 is 0 Å². The summed E-state index contributed by atoms with van der Waals surface area (Å²) in [6, 6.07) is 16.6. The number of aromatic amines is 1. The lowest BCUT2D eigenvalue weighted by atomic mass is 9.76. The van der Waals surface area contributed by atoms with Gasteiger partial charge in [0.15, 0.2) is 5.82 Å². The molecule has 0 spiro atoms. The first-order chi connectivity index (χ1) is 19.5. The minimum Gasteiger partial charge on any atom is -0.481 e. The average Bonchev–Trinajstić information content (AvgIpc) is 3.66. The summed E-state index contributed by atoms with van der Waals surface area (Å²) < 4.78 is 2.09. The molecule has 1 saturated carbocycles. The molecule has 210 valence electrons. The minimum absolute atomic E-state index is 0.209. The van der Waals surface area contributed by atoms with Crippen LogP contribution < -0.4 is 0 Å². The molecule has 9 nitrogen and oxygen atoms in total. The molecule has 1 aliphatic carbocycles. The van der Waals surface area contributed by atoms with Crippen molar-refractivity contribution in [1.82, 2.24) is 35.4 Å². The highest BCUT2D eigenvalue weighted by atomic mass is 16.4. The Labute approximate surface area is 235 Å². The molecule has 0 amide bonds. The van der Waals surface area contributed by atoms with Crippen LogP contribution in [0.2, 0.25) is 0 Å². The number of nitrogens with zero attached hydrogens (tertiary/aromatic N) is 6. The van der Waals surface area contributed by atoms with Crippen molar-refractivity contribution >= 4 is 5.97 Å². The summed E-state index contributed by atoms with van der Waals surface area (Å²) in [5.74, 6) is 2.30. The number of hydrogen-bond acceptors (Lipinski definition) is 6. The van der Waals surface area contributed by atoms with Crippen molar-refractivity contribution in [3.63, 3.8) is 0 Å². The Hall–Kier alpha value is -3.88. The summed E-state index contributed by atoms with van der Waals surface area (Å²) in [5.41, 5.74) is 4.23. The second kappa shape index (κ2) is 13.0. The third kappa shape index (κ3) is 6.46. The predicted octanol–water partition coefficient (Wildman–Crippen LogP) is 6.29. The van der Waals surface area contributed by atoms with Crippen molar-refractivity contribution < 1.29 is 9.90 Å². The highest BCUT2D eigenvalue weighted by molar-refractivity contribution is 5.80. The molecule has 1 unspecified atom stereocenters. The number of carbonyl (C=O) groups is 1. The van der Waals surface area contributed by atoms with E-state index in [4.69, 9.17) is 10.1 Å². The normalized spacial score (nSPS) is 18.1. The lowest BCUT2D eigenvalue weighted by molar-refractivity contribution is -0.143. The Kier molecular flexibility index (Phi) is 8.98. The number of aryl methyl sites for hydroxylation is 1. The smallest absolute Gasteiger partial charge is 0.306 e. The van der Waals surface area contributed by atoms with Crippen LogP contribution in [0.5, 0.6) is 0 Å². The fourth-order valence-electron chi connectivity index (χ4n) is 5.92. The number of benzene rings is 2. The molecule has 0 radical (unpaired) electrons. The average molecular weight is 542 g/mol. The van der Waals surface area contributed by atoms with E-state index < -0.39 is 5.97 Å². The van der Waals surface area contributed by atoms with Crippen LogP contribution in [0.25, 0.3) is 22.5 Å². The van der Waals surface area contributed by atoms with Crippen LogP contribution in [0.15, 0.2) is 48.5 Å². The zero-order valence-corrected chi connectivity index (χ0v) is 23.5. The number of hydrogen-bond donors (Lipinski definition) is 2. The van der Waals surface area contributed by atoms with Gasteiger partial charge in [0.2, 0.25) is 5.82 Å². The van der Waals surface area contributed by atoms with Crippen LogP contribution in [0, 0.1) is 11.8 Å². The fraction of sp³-hybridized carbons (Fsp3) is 0.484. The van der Waals surface area contributed by atoms with Gasteiger partial charge in [-0.25, -0.2) is 9.67 Å². The van der Waals surface area contributed by atoms with E-state index in [0.717, 1.165) is 72.4 Å². The topological polar surface area (TPSA) is 122 Å². The molecular formula is C31H39N7O2. The van der Waals surface area contributed by atoms with Gasteiger partial charge in [0.05, 0.1) is 12.5 Å². The number of nitrogens with one attached hydrogen (secondary N) is 1.